The maximum atomic E-state index is 5.94. The molecule has 0 saturated heterocycles. The van der Waals surface area contributed by atoms with Gasteiger partial charge in [0, 0.05) is 18.5 Å². The average Bonchev–Trinajstić information content (AvgIpc) is 3.13. The van der Waals surface area contributed by atoms with E-state index in [0.717, 1.165) is 22.5 Å². The van der Waals surface area contributed by atoms with E-state index in [-0.39, 0.29) is 0 Å². The van der Waals surface area contributed by atoms with E-state index in [2.05, 4.69) is 15.3 Å². The molecule has 4 rings (SSSR count). The number of hydrogen-bond acceptors (Lipinski definition) is 5. The Morgan fingerprint density at radius 3 is 2.91 bits per heavy atom. The van der Waals surface area contributed by atoms with Crippen LogP contribution in [-0.4, -0.2) is 28.5 Å². The zero-order chi connectivity index (χ0) is 16.0. The highest BCUT2D eigenvalue weighted by Crippen LogP contribution is 2.34. The molecule has 7 heteroatoms. The van der Waals surface area contributed by atoms with Gasteiger partial charge >= 0.3 is 0 Å². The lowest BCUT2D eigenvalue weighted by atomic mass is 10.2. The smallest absolute Gasteiger partial charge is 0.157 e. The Morgan fingerprint density at radius 2 is 2.13 bits per heavy atom. The molecular formula is C16H13ClN4O2. The number of furan rings is 1. The number of hydrogen-bond donors (Lipinski definition) is 1. The van der Waals surface area contributed by atoms with Crippen LogP contribution in [0.1, 0.15) is 0 Å². The van der Waals surface area contributed by atoms with Gasteiger partial charge in [-0.15, -0.1) is 0 Å². The Hall–Kier alpha value is -2.73. The van der Waals surface area contributed by atoms with E-state index in [9.17, 15) is 0 Å². The quantitative estimate of drug-likeness (QED) is 0.579. The number of nitrogens with one attached hydrogen (secondary N) is 1. The van der Waals surface area contributed by atoms with Gasteiger partial charge in [-0.3, -0.25) is 4.40 Å². The summed E-state index contributed by atoms with van der Waals surface area (Å²) < 4.78 is 13.0. The number of benzene rings is 1. The van der Waals surface area contributed by atoms with Crippen molar-refractivity contribution in [2.45, 2.75) is 0 Å². The maximum absolute atomic E-state index is 5.94. The van der Waals surface area contributed by atoms with Gasteiger partial charge in [0.15, 0.2) is 5.76 Å². The van der Waals surface area contributed by atoms with Gasteiger partial charge in [0.05, 0.1) is 7.11 Å². The first kappa shape index (κ1) is 13.9. The summed E-state index contributed by atoms with van der Waals surface area (Å²) in [4.78, 5) is 8.69. The Bertz CT molecular complexity index is 1020. The SMILES string of the molecule is CNc1c(-c2cc3cc(OC)ccc3o2)nc2cc(Cl)ncn12. The Kier molecular flexibility index (Phi) is 3.12. The third kappa shape index (κ3) is 2.19. The molecule has 0 unspecified atom stereocenters. The van der Waals surface area contributed by atoms with E-state index in [0.29, 0.717) is 22.3 Å². The lowest BCUT2D eigenvalue weighted by Crippen LogP contribution is -1.96. The van der Waals surface area contributed by atoms with E-state index < -0.39 is 0 Å². The summed E-state index contributed by atoms with van der Waals surface area (Å²) in [7, 11) is 3.47. The lowest BCUT2D eigenvalue weighted by Gasteiger charge is -2.01. The minimum Gasteiger partial charge on any atom is -0.497 e. The van der Waals surface area contributed by atoms with Crippen LogP contribution < -0.4 is 10.1 Å². The lowest BCUT2D eigenvalue weighted by molar-refractivity contribution is 0.415. The Balaban J connectivity index is 1.94. The molecule has 3 heterocycles. The zero-order valence-electron chi connectivity index (χ0n) is 12.5. The summed E-state index contributed by atoms with van der Waals surface area (Å²) in [5.41, 5.74) is 2.17. The number of rotatable bonds is 3. The van der Waals surface area contributed by atoms with Gasteiger partial charge in [0.1, 0.15) is 40.0 Å². The highest BCUT2D eigenvalue weighted by Gasteiger charge is 2.17. The molecule has 0 bridgehead atoms. The number of ether oxygens (including phenoxy) is 1. The van der Waals surface area contributed by atoms with Crippen LogP contribution in [0.2, 0.25) is 5.15 Å². The Morgan fingerprint density at radius 1 is 1.26 bits per heavy atom. The third-order valence-corrected chi connectivity index (χ3v) is 3.88. The van der Waals surface area contributed by atoms with Crippen LogP contribution in [-0.2, 0) is 0 Å². The summed E-state index contributed by atoms with van der Waals surface area (Å²) >= 11 is 5.94. The van der Waals surface area contributed by atoms with E-state index in [1.54, 1.807) is 19.5 Å². The van der Waals surface area contributed by atoms with Gasteiger partial charge in [-0.05, 0) is 24.3 Å². The molecular weight excluding hydrogens is 316 g/mol. The first-order valence-electron chi connectivity index (χ1n) is 6.99. The fraction of sp³-hybridized carbons (Fsp3) is 0.125. The Labute approximate surface area is 136 Å². The number of nitrogens with zero attached hydrogens (tertiary/aromatic N) is 3. The van der Waals surface area contributed by atoms with Crippen molar-refractivity contribution in [3.63, 3.8) is 0 Å². The second-order valence-corrected chi connectivity index (χ2v) is 5.40. The van der Waals surface area contributed by atoms with Crippen molar-refractivity contribution < 1.29 is 9.15 Å². The van der Waals surface area contributed by atoms with Crippen LogP contribution in [0.3, 0.4) is 0 Å². The molecule has 0 aliphatic heterocycles. The van der Waals surface area contributed by atoms with E-state index in [1.807, 2.05) is 35.7 Å². The van der Waals surface area contributed by atoms with Crippen molar-refractivity contribution in [1.82, 2.24) is 14.4 Å². The first-order valence-corrected chi connectivity index (χ1v) is 7.36. The molecule has 4 aromatic rings. The number of imidazole rings is 1. The fourth-order valence-corrected chi connectivity index (χ4v) is 2.74. The zero-order valence-corrected chi connectivity index (χ0v) is 13.3. The minimum absolute atomic E-state index is 0.394. The van der Waals surface area contributed by atoms with Crippen LogP contribution in [0, 0.1) is 0 Å². The van der Waals surface area contributed by atoms with E-state index in [4.69, 9.17) is 20.8 Å². The summed E-state index contributed by atoms with van der Waals surface area (Å²) in [5, 5.41) is 4.48. The van der Waals surface area contributed by atoms with Gasteiger partial charge in [-0.2, -0.15) is 0 Å². The van der Waals surface area contributed by atoms with Gasteiger partial charge in [-0.1, -0.05) is 11.6 Å². The molecule has 23 heavy (non-hydrogen) atoms. The minimum atomic E-state index is 0.394. The normalized spacial score (nSPS) is 11.3. The van der Waals surface area contributed by atoms with E-state index >= 15 is 0 Å². The number of halogens is 1. The molecule has 0 aliphatic rings. The molecule has 116 valence electrons. The predicted octanol–water partition coefficient (Wildman–Crippen LogP) is 3.85. The third-order valence-electron chi connectivity index (χ3n) is 3.68. The van der Waals surface area contributed by atoms with Crippen LogP contribution in [0.5, 0.6) is 5.75 Å². The van der Waals surface area contributed by atoms with Gasteiger partial charge in [0.25, 0.3) is 0 Å². The van der Waals surface area contributed by atoms with Crippen molar-refractivity contribution in [3.8, 4) is 17.2 Å². The molecule has 6 nitrogen and oxygen atoms in total. The van der Waals surface area contributed by atoms with Crippen LogP contribution in [0.15, 0.2) is 41.1 Å². The monoisotopic (exact) mass is 328 g/mol. The predicted molar refractivity (Wildman–Crippen MR) is 89.3 cm³/mol. The molecule has 0 aliphatic carbocycles. The van der Waals surface area contributed by atoms with Crippen LogP contribution in [0.4, 0.5) is 5.82 Å². The van der Waals surface area contributed by atoms with Crippen molar-refractivity contribution in [3.05, 3.63) is 41.8 Å². The van der Waals surface area contributed by atoms with Crippen LogP contribution in [0.25, 0.3) is 28.1 Å². The van der Waals surface area contributed by atoms with Crippen molar-refractivity contribution in [2.24, 2.45) is 0 Å². The fourth-order valence-electron chi connectivity index (χ4n) is 2.60. The van der Waals surface area contributed by atoms with Gasteiger partial charge in [-0.25, -0.2) is 9.97 Å². The number of anilines is 1. The van der Waals surface area contributed by atoms with E-state index in [1.165, 1.54) is 0 Å². The van der Waals surface area contributed by atoms with Crippen molar-refractivity contribution in [2.75, 3.05) is 19.5 Å². The molecule has 0 atom stereocenters. The van der Waals surface area contributed by atoms with Crippen molar-refractivity contribution in [1.29, 1.82) is 0 Å². The molecule has 0 radical (unpaired) electrons. The summed E-state index contributed by atoms with van der Waals surface area (Å²) in [6, 6.07) is 9.32. The number of aromatic nitrogens is 3. The second-order valence-electron chi connectivity index (χ2n) is 5.01. The molecule has 0 fully saturated rings. The van der Waals surface area contributed by atoms with Crippen LogP contribution >= 0.6 is 11.6 Å². The standard InChI is InChI=1S/C16H13ClN4O2/c1-18-16-15(20-14-7-13(17)19-8-21(14)16)12-6-9-5-10(22-2)3-4-11(9)23-12/h3-8,18H,1-2H3. The number of fused-ring (bicyclic) bond motifs is 2. The molecule has 3 aromatic heterocycles. The highest BCUT2D eigenvalue weighted by atomic mass is 35.5. The van der Waals surface area contributed by atoms with Crippen molar-refractivity contribution >= 4 is 34.0 Å². The molecule has 1 N–H and O–H groups in total. The molecule has 0 spiro atoms. The number of methoxy groups -OCH3 is 1. The topological polar surface area (TPSA) is 64.6 Å². The average molecular weight is 329 g/mol. The molecule has 0 amide bonds. The maximum Gasteiger partial charge on any atom is 0.157 e. The van der Waals surface area contributed by atoms with Gasteiger partial charge in [0.2, 0.25) is 0 Å². The largest absolute Gasteiger partial charge is 0.497 e. The first-order chi connectivity index (χ1) is 11.2. The molecule has 1 aromatic carbocycles. The summed E-state index contributed by atoms with van der Waals surface area (Å²) in [5.74, 6) is 2.23. The summed E-state index contributed by atoms with van der Waals surface area (Å²) in [6.45, 7) is 0. The summed E-state index contributed by atoms with van der Waals surface area (Å²) in [6.07, 6.45) is 1.63. The van der Waals surface area contributed by atoms with Gasteiger partial charge < -0.3 is 14.5 Å². The second kappa shape index (κ2) is 5.17. The molecule has 0 saturated carbocycles. The highest BCUT2D eigenvalue weighted by molar-refractivity contribution is 6.29.